The molecule has 0 aliphatic heterocycles. The molecule has 23 heavy (non-hydrogen) atoms. The second-order valence-corrected chi connectivity index (χ2v) is 9.18. The van der Waals surface area contributed by atoms with E-state index in [1.807, 2.05) is 0 Å². The molecule has 2 aromatic carbocycles. The summed E-state index contributed by atoms with van der Waals surface area (Å²) in [7, 11) is -5.74. The first-order chi connectivity index (χ1) is 10.2. The fourth-order valence-corrected chi connectivity index (χ4v) is 4.32. The minimum absolute atomic E-state index is 0. The molecule has 0 bridgehead atoms. The predicted molar refractivity (Wildman–Crippen MR) is 90.0 cm³/mol. The molecule has 2 rings (SSSR count). The van der Waals surface area contributed by atoms with Gasteiger partial charge in [0, 0.05) is 61.2 Å². The second-order valence-electron chi connectivity index (χ2n) is 4.06. The third-order valence-electron chi connectivity index (χ3n) is 2.48. The number of benzene rings is 2. The molecule has 0 aromatic heterocycles. The third-order valence-corrected chi connectivity index (χ3v) is 6.63. The SMILES string of the molecule is O=S(=O)(O)c1ccc(SSc2ccc(S(=O)(=O)O)cc2)cc1.[K]. The van der Waals surface area contributed by atoms with Gasteiger partial charge in [0.15, 0.2) is 0 Å². The van der Waals surface area contributed by atoms with E-state index in [9.17, 15) is 16.8 Å². The van der Waals surface area contributed by atoms with E-state index in [0.717, 1.165) is 9.79 Å². The largest absolute Gasteiger partial charge is 0.294 e. The Hall–Kier alpha value is 0.596. The van der Waals surface area contributed by atoms with Crippen molar-refractivity contribution in [1.29, 1.82) is 0 Å². The van der Waals surface area contributed by atoms with Gasteiger partial charge in [0.2, 0.25) is 0 Å². The van der Waals surface area contributed by atoms with Crippen molar-refractivity contribution < 1.29 is 25.9 Å². The van der Waals surface area contributed by atoms with Gasteiger partial charge in [-0.1, -0.05) is 21.6 Å². The molecule has 2 aromatic rings. The summed E-state index contributed by atoms with van der Waals surface area (Å²) in [5.41, 5.74) is 0. The van der Waals surface area contributed by atoms with Crippen molar-refractivity contribution in [2.24, 2.45) is 0 Å². The normalized spacial score (nSPS) is 11.7. The number of hydrogen-bond donors (Lipinski definition) is 2. The summed E-state index contributed by atoms with van der Waals surface area (Å²) in [4.78, 5) is 1.16. The molecule has 0 heterocycles. The van der Waals surface area contributed by atoms with Crippen molar-refractivity contribution in [1.82, 2.24) is 0 Å². The van der Waals surface area contributed by atoms with E-state index in [1.165, 1.54) is 45.9 Å². The van der Waals surface area contributed by atoms with Crippen LogP contribution in [0.3, 0.4) is 0 Å². The molecule has 119 valence electrons. The quantitative estimate of drug-likeness (QED) is 0.434. The molecular weight excluding hydrogens is 407 g/mol. The van der Waals surface area contributed by atoms with Crippen LogP contribution in [-0.2, 0) is 20.2 Å². The van der Waals surface area contributed by atoms with Crippen LogP contribution >= 0.6 is 21.6 Å². The van der Waals surface area contributed by atoms with E-state index in [-0.39, 0.29) is 61.2 Å². The molecule has 0 atom stereocenters. The van der Waals surface area contributed by atoms with Crippen LogP contribution in [0.2, 0.25) is 0 Å². The summed E-state index contributed by atoms with van der Waals surface area (Å²) in [5.74, 6) is 0. The minimum atomic E-state index is -4.20. The fourth-order valence-electron chi connectivity index (χ4n) is 1.43. The zero-order valence-electron chi connectivity index (χ0n) is 11.8. The van der Waals surface area contributed by atoms with Crippen LogP contribution in [-0.4, -0.2) is 77.3 Å². The van der Waals surface area contributed by atoms with Gasteiger partial charge in [0.05, 0.1) is 9.79 Å². The molecular formula is C12H10KO6S4. The Bertz CT molecular complexity index is 785. The topological polar surface area (TPSA) is 109 Å². The first-order valence-corrected chi connectivity index (χ1v) is 10.7. The molecule has 2 N–H and O–H groups in total. The summed E-state index contributed by atoms with van der Waals surface area (Å²) in [6.07, 6.45) is 0. The summed E-state index contributed by atoms with van der Waals surface area (Å²) >= 11 is 0. The van der Waals surface area contributed by atoms with Gasteiger partial charge in [-0.15, -0.1) is 0 Å². The fraction of sp³-hybridized carbons (Fsp3) is 0. The molecule has 0 amide bonds. The second kappa shape index (κ2) is 8.81. The van der Waals surface area contributed by atoms with Crippen molar-refractivity contribution in [2.45, 2.75) is 19.6 Å². The van der Waals surface area contributed by atoms with Crippen LogP contribution < -0.4 is 0 Å². The van der Waals surface area contributed by atoms with Gasteiger partial charge in [-0.3, -0.25) is 9.11 Å². The minimum Gasteiger partial charge on any atom is -0.282 e. The zero-order valence-corrected chi connectivity index (χ0v) is 18.2. The predicted octanol–water partition coefficient (Wildman–Crippen LogP) is 2.60. The van der Waals surface area contributed by atoms with Gasteiger partial charge >= 0.3 is 0 Å². The van der Waals surface area contributed by atoms with Gasteiger partial charge in [-0.2, -0.15) is 16.8 Å². The van der Waals surface area contributed by atoms with Crippen LogP contribution in [0.5, 0.6) is 0 Å². The van der Waals surface area contributed by atoms with Crippen molar-refractivity contribution in [2.75, 3.05) is 0 Å². The maximum Gasteiger partial charge on any atom is 0.294 e. The number of rotatable bonds is 5. The Morgan fingerprint density at radius 3 is 1.09 bits per heavy atom. The Morgan fingerprint density at radius 2 is 0.870 bits per heavy atom. The number of hydrogen-bond acceptors (Lipinski definition) is 6. The maximum absolute atomic E-state index is 10.9. The van der Waals surface area contributed by atoms with Gasteiger partial charge in [0.1, 0.15) is 0 Å². The molecule has 0 spiro atoms. The Balaban J connectivity index is 0.00000264. The maximum atomic E-state index is 10.9. The molecule has 0 unspecified atom stereocenters. The summed E-state index contributed by atoms with van der Waals surface area (Å²) in [5, 5.41) is 0. The van der Waals surface area contributed by atoms with Gasteiger partial charge < -0.3 is 0 Å². The standard InChI is InChI=1S/C12H10O6S4.K/c13-21(14,15)11-5-1-9(2-6-11)19-20-10-3-7-12(8-4-10)22(16,17)18;/h1-8H,(H,13,14,15)(H,16,17,18);. The molecule has 0 saturated heterocycles. The van der Waals surface area contributed by atoms with Crippen LogP contribution in [0, 0.1) is 0 Å². The summed E-state index contributed by atoms with van der Waals surface area (Å²) < 4.78 is 61.4. The Kier molecular flexibility index (Phi) is 8.28. The van der Waals surface area contributed by atoms with Crippen molar-refractivity contribution in [3.63, 3.8) is 0 Å². The van der Waals surface area contributed by atoms with E-state index in [2.05, 4.69) is 0 Å². The third kappa shape index (κ3) is 6.78. The average Bonchev–Trinajstić information content (AvgIpc) is 2.44. The Labute approximate surface area is 184 Å². The Morgan fingerprint density at radius 1 is 0.609 bits per heavy atom. The zero-order chi connectivity index (χ0) is 16.4. The van der Waals surface area contributed by atoms with Crippen LogP contribution in [0.15, 0.2) is 68.1 Å². The molecule has 0 aliphatic rings. The van der Waals surface area contributed by atoms with E-state index in [1.54, 1.807) is 24.3 Å². The van der Waals surface area contributed by atoms with E-state index in [0.29, 0.717) is 0 Å². The van der Waals surface area contributed by atoms with Gasteiger partial charge in [-0.05, 0) is 48.5 Å². The van der Waals surface area contributed by atoms with Gasteiger partial charge in [0.25, 0.3) is 20.2 Å². The van der Waals surface area contributed by atoms with Gasteiger partial charge in [-0.25, -0.2) is 0 Å². The summed E-state index contributed by atoms with van der Waals surface area (Å²) in [6.45, 7) is 0. The molecule has 11 heteroatoms. The molecule has 1 radical (unpaired) electrons. The van der Waals surface area contributed by atoms with Crippen molar-refractivity contribution in [3.8, 4) is 0 Å². The molecule has 0 aliphatic carbocycles. The van der Waals surface area contributed by atoms with Crippen LogP contribution in [0.4, 0.5) is 0 Å². The first kappa shape index (κ1) is 21.6. The molecule has 0 fully saturated rings. The molecule has 0 saturated carbocycles. The van der Waals surface area contributed by atoms with Crippen molar-refractivity contribution in [3.05, 3.63) is 48.5 Å². The van der Waals surface area contributed by atoms with Crippen molar-refractivity contribution >= 4 is 93.2 Å². The first-order valence-electron chi connectivity index (χ1n) is 5.66. The van der Waals surface area contributed by atoms with Crippen LogP contribution in [0.25, 0.3) is 0 Å². The van der Waals surface area contributed by atoms with Crippen LogP contribution in [0.1, 0.15) is 0 Å². The average molecular weight is 418 g/mol. The van der Waals surface area contributed by atoms with E-state index >= 15 is 0 Å². The monoisotopic (exact) mass is 417 g/mol. The van der Waals surface area contributed by atoms with E-state index < -0.39 is 20.2 Å². The molecule has 6 nitrogen and oxygen atoms in total. The van der Waals surface area contributed by atoms with E-state index in [4.69, 9.17) is 9.11 Å². The smallest absolute Gasteiger partial charge is 0.282 e. The summed E-state index contributed by atoms with van der Waals surface area (Å²) in [6, 6.07) is 11.4.